The molecule has 1 nitrogen and oxygen atoms in total. The Kier molecular flexibility index (Phi) is 4.67. The van der Waals surface area contributed by atoms with Gasteiger partial charge in [0.2, 0.25) is 0 Å². The summed E-state index contributed by atoms with van der Waals surface area (Å²) in [7, 11) is 0. The van der Waals surface area contributed by atoms with Gasteiger partial charge in [-0.25, -0.2) is 0 Å². The SMILES string of the molecule is CCCCCCCC1CC(C)N1. The highest BCUT2D eigenvalue weighted by Gasteiger charge is 2.22. The zero-order valence-electron chi connectivity index (χ0n) is 8.60. The van der Waals surface area contributed by atoms with Crippen molar-refractivity contribution in [2.45, 2.75) is 70.9 Å². The van der Waals surface area contributed by atoms with Gasteiger partial charge in [0, 0.05) is 12.1 Å². The summed E-state index contributed by atoms with van der Waals surface area (Å²) in [5.41, 5.74) is 0. The lowest BCUT2D eigenvalue weighted by molar-refractivity contribution is 0.262. The van der Waals surface area contributed by atoms with Crippen LogP contribution in [0.4, 0.5) is 0 Å². The molecule has 0 aromatic rings. The van der Waals surface area contributed by atoms with Crippen LogP contribution in [-0.4, -0.2) is 12.1 Å². The van der Waals surface area contributed by atoms with Crippen LogP contribution in [0.3, 0.4) is 0 Å². The Morgan fingerprint density at radius 3 is 2.42 bits per heavy atom. The fourth-order valence-electron chi connectivity index (χ4n) is 2.00. The summed E-state index contributed by atoms with van der Waals surface area (Å²) < 4.78 is 0. The minimum absolute atomic E-state index is 0.797. The van der Waals surface area contributed by atoms with E-state index in [9.17, 15) is 0 Å². The van der Waals surface area contributed by atoms with E-state index < -0.39 is 0 Å². The number of unbranched alkanes of at least 4 members (excludes halogenated alkanes) is 4. The fourth-order valence-corrected chi connectivity index (χ4v) is 2.00. The Balaban J connectivity index is 1.77. The molecule has 12 heavy (non-hydrogen) atoms. The van der Waals surface area contributed by atoms with E-state index in [1.165, 1.54) is 44.9 Å². The highest BCUT2D eigenvalue weighted by atomic mass is 15.0. The second-order valence-corrected chi connectivity index (χ2v) is 4.20. The van der Waals surface area contributed by atoms with E-state index in [1.807, 2.05) is 0 Å². The summed E-state index contributed by atoms with van der Waals surface area (Å²) in [5.74, 6) is 0. The fraction of sp³-hybridized carbons (Fsp3) is 1.00. The topological polar surface area (TPSA) is 12.0 Å². The van der Waals surface area contributed by atoms with Crippen molar-refractivity contribution in [1.82, 2.24) is 5.32 Å². The maximum absolute atomic E-state index is 3.53. The molecule has 0 spiro atoms. The Labute approximate surface area is 76.9 Å². The number of rotatable bonds is 6. The second kappa shape index (κ2) is 5.58. The monoisotopic (exact) mass is 169 g/mol. The third-order valence-electron chi connectivity index (χ3n) is 2.81. The van der Waals surface area contributed by atoms with Gasteiger partial charge in [-0.3, -0.25) is 0 Å². The highest BCUT2D eigenvalue weighted by Crippen LogP contribution is 2.17. The summed E-state index contributed by atoms with van der Waals surface area (Å²) in [6, 6.07) is 1.66. The van der Waals surface area contributed by atoms with Crippen LogP contribution in [0.15, 0.2) is 0 Å². The molecule has 1 aliphatic heterocycles. The Morgan fingerprint density at radius 1 is 1.17 bits per heavy atom. The largest absolute Gasteiger partial charge is 0.311 e. The van der Waals surface area contributed by atoms with Crippen LogP contribution in [0, 0.1) is 0 Å². The molecule has 2 unspecified atom stereocenters. The molecule has 0 saturated carbocycles. The molecule has 0 aromatic carbocycles. The van der Waals surface area contributed by atoms with Crippen LogP contribution in [0.5, 0.6) is 0 Å². The van der Waals surface area contributed by atoms with Gasteiger partial charge in [0.1, 0.15) is 0 Å². The molecule has 1 heterocycles. The summed E-state index contributed by atoms with van der Waals surface area (Å²) in [5, 5.41) is 3.53. The third kappa shape index (κ3) is 3.57. The Hall–Kier alpha value is -0.0400. The van der Waals surface area contributed by atoms with Gasteiger partial charge in [-0.15, -0.1) is 0 Å². The van der Waals surface area contributed by atoms with Crippen LogP contribution in [0.1, 0.15) is 58.8 Å². The van der Waals surface area contributed by atoms with Crippen molar-refractivity contribution in [2.75, 3.05) is 0 Å². The molecular weight excluding hydrogens is 146 g/mol. The second-order valence-electron chi connectivity index (χ2n) is 4.20. The third-order valence-corrected chi connectivity index (χ3v) is 2.81. The van der Waals surface area contributed by atoms with Gasteiger partial charge in [0.25, 0.3) is 0 Å². The lowest BCUT2D eigenvalue weighted by Gasteiger charge is -2.35. The van der Waals surface area contributed by atoms with Crippen LogP contribution >= 0.6 is 0 Å². The normalized spacial score (nSPS) is 28.5. The maximum atomic E-state index is 3.53. The van der Waals surface area contributed by atoms with E-state index >= 15 is 0 Å². The lowest BCUT2D eigenvalue weighted by atomic mass is 9.93. The van der Waals surface area contributed by atoms with Gasteiger partial charge in [0.15, 0.2) is 0 Å². The highest BCUT2D eigenvalue weighted by molar-refractivity contribution is 4.84. The molecule has 1 N–H and O–H groups in total. The Morgan fingerprint density at radius 2 is 1.83 bits per heavy atom. The molecule has 0 amide bonds. The molecule has 1 rings (SSSR count). The van der Waals surface area contributed by atoms with Crippen molar-refractivity contribution in [3.8, 4) is 0 Å². The first kappa shape index (κ1) is 10.0. The van der Waals surface area contributed by atoms with Gasteiger partial charge in [-0.2, -0.15) is 0 Å². The molecule has 1 heteroatoms. The molecule has 0 bridgehead atoms. The molecule has 1 fully saturated rings. The van der Waals surface area contributed by atoms with Gasteiger partial charge in [0.05, 0.1) is 0 Å². The number of hydrogen-bond acceptors (Lipinski definition) is 1. The van der Waals surface area contributed by atoms with Crippen molar-refractivity contribution in [2.24, 2.45) is 0 Å². The number of nitrogens with one attached hydrogen (secondary N) is 1. The summed E-state index contributed by atoms with van der Waals surface area (Å²) in [6.45, 7) is 4.54. The standard InChI is InChI=1S/C11H23N/c1-3-4-5-6-7-8-11-9-10(2)12-11/h10-12H,3-9H2,1-2H3. The van der Waals surface area contributed by atoms with E-state index in [0.717, 1.165) is 12.1 Å². The van der Waals surface area contributed by atoms with Crippen LogP contribution in [-0.2, 0) is 0 Å². The first-order valence-electron chi connectivity index (χ1n) is 5.59. The zero-order valence-corrected chi connectivity index (χ0v) is 8.60. The van der Waals surface area contributed by atoms with E-state index in [1.54, 1.807) is 0 Å². The molecule has 1 saturated heterocycles. The summed E-state index contributed by atoms with van der Waals surface area (Å²) >= 11 is 0. The lowest BCUT2D eigenvalue weighted by Crippen LogP contribution is -2.50. The van der Waals surface area contributed by atoms with Crippen LogP contribution < -0.4 is 5.32 Å². The Bertz CT molecular complexity index is 106. The minimum atomic E-state index is 0.797. The van der Waals surface area contributed by atoms with E-state index in [4.69, 9.17) is 0 Å². The molecule has 0 aliphatic carbocycles. The van der Waals surface area contributed by atoms with Gasteiger partial charge in [-0.05, 0) is 19.8 Å². The number of hydrogen-bond donors (Lipinski definition) is 1. The molecule has 2 atom stereocenters. The minimum Gasteiger partial charge on any atom is -0.311 e. The first-order chi connectivity index (χ1) is 5.83. The molecule has 1 aliphatic rings. The van der Waals surface area contributed by atoms with Crippen molar-refractivity contribution in [3.05, 3.63) is 0 Å². The van der Waals surface area contributed by atoms with E-state index in [2.05, 4.69) is 19.2 Å². The van der Waals surface area contributed by atoms with Crippen molar-refractivity contribution in [3.63, 3.8) is 0 Å². The van der Waals surface area contributed by atoms with E-state index in [-0.39, 0.29) is 0 Å². The summed E-state index contributed by atoms with van der Waals surface area (Å²) in [6.07, 6.45) is 9.93. The average Bonchev–Trinajstić information content (AvgIpc) is 2.00. The average molecular weight is 169 g/mol. The molecule has 72 valence electrons. The molecule has 0 radical (unpaired) electrons. The molecular formula is C11H23N. The predicted octanol–water partition coefficient (Wildman–Crippen LogP) is 3.10. The van der Waals surface area contributed by atoms with Crippen LogP contribution in [0.25, 0.3) is 0 Å². The summed E-state index contributed by atoms with van der Waals surface area (Å²) in [4.78, 5) is 0. The zero-order chi connectivity index (χ0) is 8.81. The molecule has 0 aromatic heterocycles. The van der Waals surface area contributed by atoms with E-state index in [0.29, 0.717) is 0 Å². The van der Waals surface area contributed by atoms with Crippen molar-refractivity contribution in [1.29, 1.82) is 0 Å². The van der Waals surface area contributed by atoms with Crippen molar-refractivity contribution >= 4 is 0 Å². The first-order valence-corrected chi connectivity index (χ1v) is 5.59. The van der Waals surface area contributed by atoms with Crippen LogP contribution in [0.2, 0.25) is 0 Å². The van der Waals surface area contributed by atoms with Gasteiger partial charge < -0.3 is 5.32 Å². The van der Waals surface area contributed by atoms with Gasteiger partial charge >= 0.3 is 0 Å². The maximum Gasteiger partial charge on any atom is 0.00842 e. The van der Waals surface area contributed by atoms with Gasteiger partial charge in [-0.1, -0.05) is 39.0 Å². The predicted molar refractivity (Wildman–Crippen MR) is 54.4 cm³/mol. The smallest absolute Gasteiger partial charge is 0.00842 e. The van der Waals surface area contributed by atoms with Crippen molar-refractivity contribution < 1.29 is 0 Å². The quantitative estimate of drug-likeness (QED) is 0.602.